The van der Waals surface area contributed by atoms with E-state index in [-0.39, 0.29) is 11.8 Å². The lowest BCUT2D eigenvalue weighted by molar-refractivity contribution is -0.123. The number of anilines is 1. The molecule has 0 bridgehead atoms. The van der Waals surface area contributed by atoms with E-state index in [0.717, 1.165) is 5.56 Å². The molecule has 4 nitrogen and oxygen atoms in total. The highest BCUT2D eigenvalue weighted by Gasteiger charge is 2.22. The molecule has 1 rings (SSSR count). The van der Waals surface area contributed by atoms with Crippen LogP contribution in [-0.2, 0) is 4.79 Å². The number of carbonyl (C=O) groups is 2. The molecule has 2 amide bonds. The molecule has 0 atom stereocenters. The molecule has 4 heteroatoms. The second kappa shape index (κ2) is 5.87. The van der Waals surface area contributed by atoms with Crippen LogP contribution in [0.1, 0.15) is 43.6 Å². The minimum absolute atomic E-state index is 0.0661. The van der Waals surface area contributed by atoms with Gasteiger partial charge in [-0.05, 0) is 31.5 Å². The maximum Gasteiger partial charge on any atom is 0.251 e. The summed E-state index contributed by atoms with van der Waals surface area (Å²) >= 11 is 0. The monoisotopic (exact) mass is 262 g/mol. The zero-order valence-electron chi connectivity index (χ0n) is 12.3. The minimum atomic E-state index is -0.464. The fraction of sp³-hybridized carbons (Fsp3) is 0.467. The van der Waals surface area contributed by atoms with E-state index in [1.807, 2.05) is 40.7 Å². The first-order valence-corrected chi connectivity index (χ1v) is 6.46. The number of hydrogen-bond acceptors (Lipinski definition) is 2. The van der Waals surface area contributed by atoms with Crippen molar-refractivity contribution in [2.24, 2.45) is 5.41 Å². The summed E-state index contributed by atoms with van der Waals surface area (Å²) in [5.41, 5.74) is 1.71. The Morgan fingerprint density at radius 2 is 1.84 bits per heavy atom. The van der Waals surface area contributed by atoms with Crippen LogP contribution in [0.3, 0.4) is 0 Å². The Bertz CT molecular complexity index is 487. The Morgan fingerprint density at radius 1 is 1.21 bits per heavy atom. The fourth-order valence-electron chi connectivity index (χ4n) is 1.47. The van der Waals surface area contributed by atoms with E-state index in [0.29, 0.717) is 17.8 Å². The molecule has 1 aromatic carbocycles. The van der Waals surface area contributed by atoms with Crippen LogP contribution in [0.5, 0.6) is 0 Å². The Balaban J connectivity index is 2.98. The molecule has 0 fully saturated rings. The first-order valence-electron chi connectivity index (χ1n) is 6.46. The van der Waals surface area contributed by atoms with Crippen LogP contribution in [0, 0.1) is 12.3 Å². The van der Waals surface area contributed by atoms with Gasteiger partial charge in [0.25, 0.3) is 5.91 Å². The Morgan fingerprint density at radius 3 is 2.37 bits per heavy atom. The Kier molecular flexibility index (Phi) is 4.70. The standard InChI is InChI=1S/C15H22N2O2/c1-6-16-13(18)11-8-7-10(2)12(9-11)17-14(19)15(3,4)5/h7-9H,6H2,1-5H3,(H,16,18)(H,17,19). The fourth-order valence-corrected chi connectivity index (χ4v) is 1.47. The smallest absolute Gasteiger partial charge is 0.251 e. The first-order chi connectivity index (χ1) is 8.75. The van der Waals surface area contributed by atoms with Crippen LogP contribution in [0.15, 0.2) is 18.2 Å². The average Bonchev–Trinajstić information content (AvgIpc) is 2.30. The summed E-state index contributed by atoms with van der Waals surface area (Å²) in [6, 6.07) is 5.31. The molecule has 19 heavy (non-hydrogen) atoms. The quantitative estimate of drug-likeness (QED) is 0.880. The predicted molar refractivity (Wildman–Crippen MR) is 77.3 cm³/mol. The van der Waals surface area contributed by atoms with Gasteiger partial charge in [0.1, 0.15) is 0 Å². The normalized spacial score (nSPS) is 11.0. The van der Waals surface area contributed by atoms with E-state index in [4.69, 9.17) is 0 Å². The molecule has 0 saturated heterocycles. The van der Waals surface area contributed by atoms with Crippen molar-refractivity contribution in [3.8, 4) is 0 Å². The molecule has 104 valence electrons. The third kappa shape index (κ3) is 4.09. The van der Waals surface area contributed by atoms with E-state index < -0.39 is 5.41 Å². The SMILES string of the molecule is CCNC(=O)c1ccc(C)c(NC(=O)C(C)(C)C)c1. The van der Waals surface area contributed by atoms with Crippen molar-refractivity contribution in [3.63, 3.8) is 0 Å². The van der Waals surface area contributed by atoms with Crippen LogP contribution in [-0.4, -0.2) is 18.4 Å². The summed E-state index contributed by atoms with van der Waals surface area (Å²) in [4.78, 5) is 23.7. The van der Waals surface area contributed by atoms with Gasteiger partial charge in [-0.25, -0.2) is 0 Å². The molecular formula is C15H22N2O2. The number of nitrogens with one attached hydrogen (secondary N) is 2. The molecular weight excluding hydrogens is 240 g/mol. The van der Waals surface area contributed by atoms with Gasteiger partial charge in [0.15, 0.2) is 0 Å². The molecule has 0 aromatic heterocycles. The maximum atomic E-state index is 12.0. The van der Waals surface area contributed by atoms with Crippen LogP contribution in [0.4, 0.5) is 5.69 Å². The number of rotatable bonds is 3. The molecule has 1 aromatic rings. The van der Waals surface area contributed by atoms with Crippen molar-refractivity contribution >= 4 is 17.5 Å². The molecule has 0 saturated carbocycles. The summed E-state index contributed by atoms with van der Waals surface area (Å²) in [5, 5.41) is 5.61. The van der Waals surface area contributed by atoms with Gasteiger partial charge in [-0.1, -0.05) is 26.8 Å². The lowest BCUT2D eigenvalue weighted by Crippen LogP contribution is -2.28. The summed E-state index contributed by atoms with van der Waals surface area (Å²) in [6.07, 6.45) is 0. The average molecular weight is 262 g/mol. The predicted octanol–water partition coefficient (Wildman–Crippen LogP) is 2.73. The van der Waals surface area contributed by atoms with Gasteiger partial charge in [-0.2, -0.15) is 0 Å². The van der Waals surface area contributed by atoms with E-state index in [1.165, 1.54) is 0 Å². The third-order valence-electron chi connectivity index (χ3n) is 2.77. The van der Waals surface area contributed by atoms with Gasteiger partial charge >= 0.3 is 0 Å². The van der Waals surface area contributed by atoms with Gasteiger partial charge in [0, 0.05) is 23.2 Å². The highest BCUT2D eigenvalue weighted by atomic mass is 16.2. The zero-order valence-corrected chi connectivity index (χ0v) is 12.3. The lowest BCUT2D eigenvalue weighted by atomic mass is 9.95. The van der Waals surface area contributed by atoms with E-state index in [9.17, 15) is 9.59 Å². The zero-order chi connectivity index (χ0) is 14.6. The van der Waals surface area contributed by atoms with Gasteiger partial charge in [-0.15, -0.1) is 0 Å². The molecule has 0 unspecified atom stereocenters. The van der Waals surface area contributed by atoms with Gasteiger partial charge < -0.3 is 10.6 Å². The van der Waals surface area contributed by atoms with Gasteiger partial charge in [-0.3, -0.25) is 9.59 Å². The van der Waals surface area contributed by atoms with E-state index in [1.54, 1.807) is 12.1 Å². The molecule has 0 heterocycles. The van der Waals surface area contributed by atoms with Crippen LogP contribution >= 0.6 is 0 Å². The molecule has 0 spiro atoms. The molecule has 2 N–H and O–H groups in total. The minimum Gasteiger partial charge on any atom is -0.352 e. The number of hydrogen-bond donors (Lipinski definition) is 2. The van der Waals surface area contributed by atoms with Crippen molar-refractivity contribution in [2.75, 3.05) is 11.9 Å². The number of benzene rings is 1. The van der Waals surface area contributed by atoms with Crippen LogP contribution in [0.2, 0.25) is 0 Å². The van der Waals surface area contributed by atoms with E-state index >= 15 is 0 Å². The second-order valence-electron chi connectivity index (χ2n) is 5.59. The maximum absolute atomic E-state index is 12.0. The van der Waals surface area contributed by atoms with Crippen molar-refractivity contribution in [1.29, 1.82) is 0 Å². The van der Waals surface area contributed by atoms with Crippen molar-refractivity contribution in [1.82, 2.24) is 5.32 Å². The summed E-state index contributed by atoms with van der Waals surface area (Å²) in [5.74, 6) is -0.197. The topological polar surface area (TPSA) is 58.2 Å². The summed E-state index contributed by atoms with van der Waals surface area (Å²) in [7, 11) is 0. The number of carbonyl (C=O) groups excluding carboxylic acids is 2. The molecule has 0 aliphatic carbocycles. The van der Waals surface area contributed by atoms with Gasteiger partial charge in [0.2, 0.25) is 5.91 Å². The van der Waals surface area contributed by atoms with Crippen molar-refractivity contribution < 1.29 is 9.59 Å². The highest BCUT2D eigenvalue weighted by Crippen LogP contribution is 2.21. The lowest BCUT2D eigenvalue weighted by Gasteiger charge is -2.19. The van der Waals surface area contributed by atoms with E-state index in [2.05, 4.69) is 10.6 Å². The number of aryl methyl sites for hydroxylation is 1. The van der Waals surface area contributed by atoms with Gasteiger partial charge in [0.05, 0.1) is 0 Å². The second-order valence-corrected chi connectivity index (χ2v) is 5.59. The number of amides is 2. The first kappa shape index (κ1) is 15.2. The molecule has 0 aliphatic rings. The third-order valence-corrected chi connectivity index (χ3v) is 2.77. The Hall–Kier alpha value is -1.84. The van der Waals surface area contributed by atoms with Crippen LogP contribution in [0.25, 0.3) is 0 Å². The Labute approximate surface area is 114 Å². The van der Waals surface area contributed by atoms with Crippen LogP contribution < -0.4 is 10.6 Å². The molecule has 0 aliphatic heterocycles. The van der Waals surface area contributed by atoms with Crippen molar-refractivity contribution in [2.45, 2.75) is 34.6 Å². The largest absolute Gasteiger partial charge is 0.352 e. The highest BCUT2D eigenvalue weighted by molar-refractivity contribution is 5.99. The summed E-state index contributed by atoms with van der Waals surface area (Å²) < 4.78 is 0. The van der Waals surface area contributed by atoms with Crippen molar-refractivity contribution in [3.05, 3.63) is 29.3 Å². The summed E-state index contributed by atoms with van der Waals surface area (Å²) in [6.45, 7) is 9.91. The molecule has 0 radical (unpaired) electrons.